The van der Waals surface area contributed by atoms with E-state index in [1.807, 2.05) is 0 Å². The van der Waals surface area contributed by atoms with E-state index in [4.69, 9.17) is 9.84 Å². The topological polar surface area (TPSA) is 84.3 Å². The number of halogens is 1. The van der Waals surface area contributed by atoms with Crippen molar-refractivity contribution in [1.82, 2.24) is 15.3 Å². The fraction of sp³-hybridized carbons (Fsp3) is 0.353. The summed E-state index contributed by atoms with van der Waals surface area (Å²) in [6.45, 7) is 2.56. The summed E-state index contributed by atoms with van der Waals surface area (Å²) in [5.74, 6) is -0.681. The maximum absolute atomic E-state index is 14.3. The number of aromatic carboxylic acids is 1. The van der Waals surface area contributed by atoms with Crippen molar-refractivity contribution >= 4 is 5.97 Å². The summed E-state index contributed by atoms with van der Waals surface area (Å²) in [7, 11) is 0. The fourth-order valence-corrected chi connectivity index (χ4v) is 2.63. The van der Waals surface area contributed by atoms with Gasteiger partial charge in [0.1, 0.15) is 11.6 Å². The first-order chi connectivity index (χ1) is 11.6. The number of hydrogen-bond acceptors (Lipinski definition) is 5. The van der Waals surface area contributed by atoms with Crippen molar-refractivity contribution in [2.75, 3.05) is 19.7 Å². The largest absolute Gasteiger partial charge is 0.493 e. The molecule has 2 aromatic rings. The van der Waals surface area contributed by atoms with E-state index in [2.05, 4.69) is 15.3 Å². The second kappa shape index (κ2) is 7.35. The van der Waals surface area contributed by atoms with Gasteiger partial charge in [0.15, 0.2) is 5.69 Å². The van der Waals surface area contributed by atoms with Crippen LogP contribution in [0, 0.1) is 11.7 Å². The van der Waals surface area contributed by atoms with Crippen LogP contribution in [0.4, 0.5) is 4.39 Å². The van der Waals surface area contributed by atoms with E-state index < -0.39 is 11.8 Å². The second-order valence-corrected chi connectivity index (χ2v) is 5.74. The first-order valence-corrected chi connectivity index (χ1v) is 7.82. The quantitative estimate of drug-likeness (QED) is 0.875. The van der Waals surface area contributed by atoms with Crippen molar-refractivity contribution in [2.45, 2.75) is 12.8 Å². The van der Waals surface area contributed by atoms with Crippen molar-refractivity contribution in [3.8, 4) is 17.0 Å². The molecule has 0 unspecified atom stereocenters. The molecular formula is C17H18FN3O3. The maximum atomic E-state index is 14.3. The molecule has 7 heteroatoms. The number of benzene rings is 1. The van der Waals surface area contributed by atoms with Gasteiger partial charge in [-0.05, 0) is 44.0 Å². The third-order valence-corrected chi connectivity index (χ3v) is 4.03. The number of carboxylic acids is 1. The Morgan fingerprint density at radius 2 is 2.08 bits per heavy atom. The third-order valence-electron chi connectivity index (χ3n) is 4.03. The molecule has 2 heterocycles. The third kappa shape index (κ3) is 3.86. The Balaban J connectivity index is 1.68. The molecule has 0 amide bonds. The molecule has 1 aromatic carbocycles. The van der Waals surface area contributed by atoms with Crippen LogP contribution < -0.4 is 10.1 Å². The van der Waals surface area contributed by atoms with Crippen LogP contribution in [-0.2, 0) is 0 Å². The molecule has 0 spiro atoms. The van der Waals surface area contributed by atoms with Gasteiger partial charge in [0.05, 0.1) is 24.7 Å². The summed E-state index contributed by atoms with van der Waals surface area (Å²) in [5.41, 5.74) is 0.358. The molecule has 0 saturated carbocycles. The minimum absolute atomic E-state index is 0.180. The smallest absolute Gasteiger partial charge is 0.356 e. The van der Waals surface area contributed by atoms with E-state index in [0.717, 1.165) is 32.1 Å². The lowest BCUT2D eigenvalue weighted by molar-refractivity contribution is 0.0690. The van der Waals surface area contributed by atoms with E-state index in [0.29, 0.717) is 18.3 Å². The number of aromatic nitrogens is 2. The minimum Gasteiger partial charge on any atom is -0.493 e. The number of hydrogen-bond donors (Lipinski definition) is 2. The number of carboxylic acid groups (broad SMARTS) is 1. The van der Waals surface area contributed by atoms with Crippen LogP contribution in [-0.4, -0.2) is 40.7 Å². The Hall–Kier alpha value is -2.54. The van der Waals surface area contributed by atoms with Crippen LogP contribution in [0.1, 0.15) is 23.3 Å². The van der Waals surface area contributed by atoms with Gasteiger partial charge >= 0.3 is 5.97 Å². The average molecular weight is 331 g/mol. The molecule has 1 aliphatic rings. The van der Waals surface area contributed by atoms with Crippen molar-refractivity contribution in [1.29, 1.82) is 0 Å². The zero-order valence-electron chi connectivity index (χ0n) is 13.0. The van der Waals surface area contributed by atoms with Crippen molar-refractivity contribution < 1.29 is 19.0 Å². The molecule has 1 aromatic heterocycles. The molecule has 24 heavy (non-hydrogen) atoms. The van der Waals surface area contributed by atoms with E-state index in [1.165, 1.54) is 12.3 Å². The first kappa shape index (κ1) is 16.3. The molecule has 0 aliphatic carbocycles. The van der Waals surface area contributed by atoms with Gasteiger partial charge in [0, 0.05) is 11.6 Å². The maximum Gasteiger partial charge on any atom is 0.356 e. The van der Waals surface area contributed by atoms with Crippen molar-refractivity contribution in [2.24, 2.45) is 5.92 Å². The number of carbonyl (C=O) groups is 1. The number of rotatable bonds is 5. The van der Waals surface area contributed by atoms with Gasteiger partial charge in [0.2, 0.25) is 0 Å². The minimum atomic E-state index is -1.17. The lowest BCUT2D eigenvalue weighted by atomic mass is 9.99. The van der Waals surface area contributed by atoms with E-state index >= 15 is 0 Å². The first-order valence-electron chi connectivity index (χ1n) is 7.82. The molecule has 1 saturated heterocycles. The molecule has 0 radical (unpaired) electrons. The highest BCUT2D eigenvalue weighted by atomic mass is 19.1. The van der Waals surface area contributed by atoms with Crippen LogP contribution in [0.15, 0.2) is 30.6 Å². The van der Waals surface area contributed by atoms with Crippen LogP contribution in [0.2, 0.25) is 0 Å². The van der Waals surface area contributed by atoms with E-state index in [1.54, 1.807) is 12.1 Å². The lowest BCUT2D eigenvalue weighted by Gasteiger charge is -2.22. The summed E-state index contributed by atoms with van der Waals surface area (Å²) in [5, 5.41) is 12.1. The molecule has 1 aliphatic heterocycles. The van der Waals surface area contributed by atoms with Crippen molar-refractivity contribution in [3.63, 3.8) is 0 Å². The van der Waals surface area contributed by atoms with Gasteiger partial charge in [-0.25, -0.2) is 14.2 Å². The number of ether oxygens (including phenoxy) is 1. The monoisotopic (exact) mass is 331 g/mol. The highest BCUT2D eigenvalue weighted by Crippen LogP contribution is 2.25. The molecular weight excluding hydrogens is 313 g/mol. The van der Waals surface area contributed by atoms with Gasteiger partial charge in [-0.3, -0.25) is 4.98 Å². The molecule has 0 atom stereocenters. The SMILES string of the molecule is O=C(O)c1cnc(-c2ccc(OCC3CCNCC3)cc2F)cn1. The Morgan fingerprint density at radius 1 is 1.29 bits per heavy atom. The number of nitrogens with zero attached hydrogens (tertiary/aromatic N) is 2. The summed E-state index contributed by atoms with van der Waals surface area (Å²) >= 11 is 0. The molecule has 6 nitrogen and oxygen atoms in total. The highest BCUT2D eigenvalue weighted by molar-refractivity contribution is 5.85. The normalized spacial score (nSPS) is 15.2. The molecule has 3 rings (SSSR count). The highest BCUT2D eigenvalue weighted by Gasteiger charge is 2.15. The van der Waals surface area contributed by atoms with Crippen LogP contribution >= 0.6 is 0 Å². The molecule has 1 fully saturated rings. The van der Waals surface area contributed by atoms with E-state index in [-0.39, 0.29) is 17.0 Å². The predicted molar refractivity (Wildman–Crippen MR) is 85.5 cm³/mol. The number of nitrogens with one attached hydrogen (secondary N) is 1. The van der Waals surface area contributed by atoms with Gasteiger partial charge < -0.3 is 15.2 Å². The van der Waals surface area contributed by atoms with Gasteiger partial charge in [-0.1, -0.05) is 0 Å². The Kier molecular flexibility index (Phi) is 5.00. The van der Waals surface area contributed by atoms with Gasteiger partial charge in [-0.15, -0.1) is 0 Å². The van der Waals surface area contributed by atoms with Gasteiger partial charge in [-0.2, -0.15) is 0 Å². The summed E-state index contributed by atoms with van der Waals surface area (Å²) in [4.78, 5) is 18.5. The number of piperidine rings is 1. The summed E-state index contributed by atoms with van der Waals surface area (Å²) < 4.78 is 20.0. The molecule has 126 valence electrons. The lowest BCUT2D eigenvalue weighted by Crippen LogP contribution is -2.30. The Labute approximate surface area is 138 Å². The zero-order chi connectivity index (χ0) is 16.9. The van der Waals surface area contributed by atoms with Gasteiger partial charge in [0.25, 0.3) is 0 Å². The standard InChI is InChI=1S/C17H18FN3O3/c18-14-7-12(24-10-11-3-5-19-6-4-11)1-2-13(14)15-8-21-16(9-20-15)17(22)23/h1-2,7-9,11,19H,3-6,10H2,(H,22,23). The van der Waals surface area contributed by atoms with Crippen LogP contribution in [0.25, 0.3) is 11.3 Å². The van der Waals surface area contributed by atoms with Crippen molar-refractivity contribution in [3.05, 3.63) is 42.1 Å². The van der Waals surface area contributed by atoms with Crippen LogP contribution in [0.5, 0.6) is 5.75 Å². The Bertz CT molecular complexity index is 716. The van der Waals surface area contributed by atoms with Crippen LogP contribution in [0.3, 0.4) is 0 Å². The van der Waals surface area contributed by atoms with E-state index in [9.17, 15) is 9.18 Å². The molecule has 0 bridgehead atoms. The Morgan fingerprint density at radius 3 is 2.71 bits per heavy atom. The average Bonchev–Trinajstić information content (AvgIpc) is 2.61. The zero-order valence-corrected chi connectivity index (χ0v) is 13.0. The summed E-state index contributed by atoms with van der Waals surface area (Å²) in [6, 6.07) is 4.58. The second-order valence-electron chi connectivity index (χ2n) is 5.74. The fourth-order valence-electron chi connectivity index (χ4n) is 2.63. The molecule has 2 N–H and O–H groups in total. The predicted octanol–water partition coefficient (Wildman–Crippen LogP) is 2.36. The summed E-state index contributed by atoms with van der Waals surface area (Å²) in [6.07, 6.45) is 4.48.